The Morgan fingerprint density at radius 2 is 2.04 bits per heavy atom. The highest BCUT2D eigenvalue weighted by molar-refractivity contribution is 6.30. The topological polar surface area (TPSA) is 66.9 Å². The average molecular weight is 361 g/mol. The van der Waals surface area contributed by atoms with Gasteiger partial charge < -0.3 is 10.6 Å². The third-order valence-corrected chi connectivity index (χ3v) is 4.37. The quantitative estimate of drug-likeness (QED) is 0.728. The van der Waals surface area contributed by atoms with E-state index in [1.165, 1.54) is 0 Å². The van der Waals surface area contributed by atoms with Crippen molar-refractivity contribution in [2.45, 2.75) is 53.1 Å². The zero-order valence-electron chi connectivity index (χ0n) is 15.2. The first-order chi connectivity index (χ1) is 11.9. The third-order valence-electron chi connectivity index (χ3n) is 4.06. The van der Waals surface area contributed by atoms with Crippen LogP contribution in [0.3, 0.4) is 0 Å². The van der Waals surface area contributed by atoms with Crippen molar-refractivity contribution in [1.29, 1.82) is 0 Å². The van der Waals surface area contributed by atoms with Gasteiger partial charge in [0.05, 0.1) is 0 Å². The molecule has 1 unspecified atom stereocenters. The molecular weight excluding hydrogens is 336 g/mol. The van der Waals surface area contributed by atoms with Crippen LogP contribution >= 0.6 is 11.6 Å². The summed E-state index contributed by atoms with van der Waals surface area (Å²) >= 11 is 6.20. The first-order valence-corrected chi connectivity index (χ1v) is 8.99. The van der Waals surface area contributed by atoms with Crippen LogP contribution in [-0.2, 0) is 13.0 Å². The second-order valence-corrected chi connectivity index (χ2v) is 6.44. The number of amides is 1. The van der Waals surface area contributed by atoms with Crippen molar-refractivity contribution in [3.05, 3.63) is 51.9 Å². The zero-order chi connectivity index (χ0) is 18.4. The van der Waals surface area contributed by atoms with Crippen molar-refractivity contribution in [3.8, 4) is 0 Å². The summed E-state index contributed by atoms with van der Waals surface area (Å²) in [7, 11) is 0. The molecule has 6 heteroatoms. The maximum Gasteiger partial charge on any atom is 0.251 e. The summed E-state index contributed by atoms with van der Waals surface area (Å²) in [6.45, 7) is 8.44. The van der Waals surface area contributed by atoms with Gasteiger partial charge in [-0.2, -0.15) is 0 Å². The minimum atomic E-state index is -0.0497. The van der Waals surface area contributed by atoms with Gasteiger partial charge in [0.25, 0.3) is 5.91 Å². The Bertz CT molecular complexity index is 748. The number of halogens is 1. The molecule has 0 bridgehead atoms. The van der Waals surface area contributed by atoms with E-state index >= 15 is 0 Å². The number of nitrogens with zero attached hydrogens (tertiary/aromatic N) is 2. The van der Waals surface area contributed by atoms with E-state index in [2.05, 4.69) is 20.6 Å². The SMILES string of the molecule is CCc1c(Cl)nc(C)nc1NCc1cccc(C(=O)NC(C)CC)c1. The number of carbonyl (C=O) groups is 1. The van der Waals surface area contributed by atoms with Crippen LogP contribution in [0, 0.1) is 6.92 Å². The van der Waals surface area contributed by atoms with Gasteiger partial charge in [0.1, 0.15) is 16.8 Å². The van der Waals surface area contributed by atoms with Gasteiger partial charge in [-0.05, 0) is 44.4 Å². The van der Waals surface area contributed by atoms with E-state index in [0.717, 1.165) is 29.8 Å². The van der Waals surface area contributed by atoms with Crippen molar-refractivity contribution in [3.63, 3.8) is 0 Å². The van der Waals surface area contributed by atoms with Gasteiger partial charge in [-0.25, -0.2) is 9.97 Å². The number of rotatable bonds is 7. The van der Waals surface area contributed by atoms with Gasteiger partial charge in [-0.1, -0.05) is 37.6 Å². The molecule has 1 aromatic carbocycles. The fraction of sp³-hybridized carbons (Fsp3) is 0.421. The molecule has 1 heterocycles. The minimum Gasteiger partial charge on any atom is -0.366 e. The number of anilines is 1. The van der Waals surface area contributed by atoms with E-state index in [-0.39, 0.29) is 11.9 Å². The lowest BCUT2D eigenvalue weighted by Crippen LogP contribution is -2.31. The Balaban J connectivity index is 2.12. The standard InChI is InChI=1S/C19H25ClN4O/c1-5-12(3)22-19(25)15-9-7-8-14(10-15)11-21-18-16(6-2)17(20)23-13(4)24-18/h7-10,12H,5-6,11H2,1-4H3,(H,22,25)(H,21,23,24). The fourth-order valence-corrected chi connectivity index (χ4v) is 2.78. The maximum absolute atomic E-state index is 12.3. The highest BCUT2D eigenvalue weighted by atomic mass is 35.5. The fourth-order valence-electron chi connectivity index (χ4n) is 2.44. The molecule has 0 saturated carbocycles. The predicted molar refractivity (Wildman–Crippen MR) is 102 cm³/mol. The third kappa shape index (κ3) is 5.16. The highest BCUT2D eigenvalue weighted by Crippen LogP contribution is 2.22. The lowest BCUT2D eigenvalue weighted by molar-refractivity contribution is 0.0939. The van der Waals surface area contributed by atoms with Gasteiger partial charge in [-0.15, -0.1) is 0 Å². The van der Waals surface area contributed by atoms with E-state index in [1.807, 2.05) is 52.0 Å². The van der Waals surface area contributed by atoms with E-state index in [0.29, 0.717) is 23.1 Å². The van der Waals surface area contributed by atoms with Crippen LogP contribution in [-0.4, -0.2) is 21.9 Å². The Hall–Kier alpha value is -2.14. The van der Waals surface area contributed by atoms with Gasteiger partial charge in [0.15, 0.2) is 0 Å². The lowest BCUT2D eigenvalue weighted by atomic mass is 10.1. The molecule has 2 rings (SSSR count). The largest absolute Gasteiger partial charge is 0.366 e. The van der Waals surface area contributed by atoms with Crippen LogP contribution in [0.1, 0.15) is 54.5 Å². The number of hydrogen-bond donors (Lipinski definition) is 2. The molecule has 2 N–H and O–H groups in total. The number of nitrogens with one attached hydrogen (secondary N) is 2. The highest BCUT2D eigenvalue weighted by Gasteiger charge is 2.11. The molecule has 0 aliphatic rings. The summed E-state index contributed by atoms with van der Waals surface area (Å²) in [5.41, 5.74) is 2.57. The molecule has 0 aliphatic heterocycles. The molecule has 1 atom stereocenters. The Morgan fingerprint density at radius 1 is 1.28 bits per heavy atom. The smallest absolute Gasteiger partial charge is 0.251 e. The van der Waals surface area contributed by atoms with Crippen molar-refractivity contribution < 1.29 is 4.79 Å². The van der Waals surface area contributed by atoms with Crippen molar-refractivity contribution in [2.24, 2.45) is 0 Å². The van der Waals surface area contributed by atoms with Gasteiger partial charge in [0, 0.05) is 23.7 Å². The molecule has 134 valence electrons. The summed E-state index contributed by atoms with van der Waals surface area (Å²) in [5.74, 6) is 1.33. The van der Waals surface area contributed by atoms with Crippen LogP contribution in [0.25, 0.3) is 0 Å². The normalized spacial score (nSPS) is 11.9. The summed E-state index contributed by atoms with van der Waals surface area (Å²) in [4.78, 5) is 20.9. The second-order valence-electron chi connectivity index (χ2n) is 6.08. The summed E-state index contributed by atoms with van der Waals surface area (Å²) in [5, 5.41) is 6.78. The molecule has 0 radical (unpaired) electrons. The predicted octanol–water partition coefficient (Wildman–Crippen LogP) is 4.14. The molecule has 0 aliphatic carbocycles. The number of carbonyl (C=O) groups excluding carboxylic acids is 1. The molecule has 2 aromatic rings. The molecule has 1 amide bonds. The maximum atomic E-state index is 12.3. The van der Waals surface area contributed by atoms with Gasteiger partial charge in [-0.3, -0.25) is 4.79 Å². The molecule has 0 saturated heterocycles. The summed E-state index contributed by atoms with van der Waals surface area (Å²) in [6, 6.07) is 7.75. The van der Waals surface area contributed by atoms with Crippen LogP contribution < -0.4 is 10.6 Å². The average Bonchev–Trinajstić information content (AvgIpc) is 2.59. The van der Waals surface area contributed by atoms with E-state index in [1.54, 1.807) is 0 Å². The Kier molecular flexibility index (Phi) is 6.76. The van der Waals surface area contributed by atoms with E-state index in [9.17, 15) is 4.79 Å². The van der Waals surface area contributed by atoms with Crippen molar-refractivity contribution in [1.82, 2.24) is 15.3 Å². The van der Waals surface area contributed by atoms with Gasteiger partial charge in [0.2, 0.25) is 0 Å². The molecule has 1 aromatic heterocycles. The van der Waals surface area contributed by atoms with E-state index in [4.69, 9.17) is 11.6 Å². The van der Waals surface area contributed by atoms with Crippen molar-refractivity contribution >= 4 is 23.3 Å². The molecule has 0 fully saturated rings. The Morgan fingerprint density at radius 3 is 2.72 bits per heavy atom. The molecular formula is C19H25ClN4O. The van der Waals surface area contributed by atoms with Crippen LogP contribution in [0.4, 0.5) is 5.82 Å². The zero-order valence-corrected chi connectivity index (χ0v) is 15.9. The molecule has 0 spiro atoms. The first kappa shape index (κ1) is 19.2. The number of hydrogen-bond acceptors (Lipinski definition) is 4. The summed E-state index contributed by atoms with van der Waals surface area (Å²) < 4.78 is 0. The second kappa shape index (κ2) is 8.81. The van der Waals surface area contributed by atoms with Crippen molar-refractivity contribution in [2.75, 3.05) is 5.32 Å². The van der Waals surface area contributed by atoms with Crippen LogP contribution in [0.5, 0.6) is 0 Å². The molecule has 25 heavy (non-hydrogen) atoms. The van der Waals surface area contributed by atoms with Crippen LogP contribution in [0.2, 0.25) is 5.15 Å². The molecule has 5 nitrogen and oxygen atoms in total. The minimum absolute atomic E-state index is 0.0497. The number of benzene rings is 1. The monoisotopic (exact) mass is 360 g/mol. The lowest BCUT2D eigenvalue weighted by Gasteiger charge is -2.14. The first-order valence-electron chi connectivity index (χ1n) is 8.61. The number of aromatic nitrogens is 2. The van der Waals surface area contributed by atoms with Gasteiger partial charge >= 0.3 is 0 Å². The number of aryl methyl sites for hydroxylation is 1. The van der Waals surface area contributed by atoms with Crippen LogP contribution in [0.15, 0.2) is 24.3 Å². The summed E-state index contributed by atoms with van der Waals surface area (Å²) in [6.07, 6.45) is 1.65. The van der Waals surface area contributed by atoms with E-state index < -0.39 is 0 Å². The Labute approximate surface area is 154 Å².